The van der Waals surface area contributed by atoms with Crippen LogP contribution in [0.4, 0.5) is 23.4 Å². The van der Waals surface area contributed by atoms with Crippen LogP contribution < -0.4 is 10.2 Å². The number of carbonyl (C=O) groups excluding carboxylic acids is 1. The van der Waals surface area contributed by atoms with Gasteiger partial charge >= 0.3 is 0 Å². The Morgan fingerprint density at radius 3 is 2.39 bits per heavy atom. The number of imidazole rings is 1. The predicted molar refractivity (Wildman–Crippen MR) is 132 cm³/mol. The molecule has 38 heavy (non-hydrogen) atoms. The second-order valence-electron chi connectivity index (χ2n) is 10.6. The molecule has 3 saturated heterocycles. The lowest BCUT2D eigenvalue weighted by Gasteiger charge is -2.42. The van der Waals surface area contributed by atoms with Crippen LogP contribution in [-0.2, 0) is 10.3 Å². The molecule has 2 N–H and O–H groups in total. The zero-order valence-corrected chi connectivity index (χ0v) is 21.2. The smallest absolute Gasteiger partial charge is 0.282 e. The summed E-state index contributed by atoms with van der Waals surface area (Å²) in [6.07, 6.45) is 6.79. The van der Waals surface area contributed by atoms with Crippen molar-refractivity contribution >= 4 is 34.5 Å². The Morgan fingerprint density at radius 1 is 1.08 bits per heavy atom. The van der Waals surface area contributed by atoms with E-state index in [0.717, 1.165) is 43.0 Å². The van der Waals surface area contributed by atoms with Crippen molar-refractivity contribution in [2.24, 2.45) is 5.92 Å². The molecule has 204 valence electrons. The first-order valence-electron chi connectivity index (χ1n) is 12.6. The summed E-state index contributed by atoms with van der Waals surface area (Å²) < 4.78 is 51.1. The summed E-state index contributed by atoms with van der Waals surface area (Å²) in [5, 5.41) is 7.40. The van der Waals surface area contributed by atoms with Crippen LogP contribution in [-0.4, -0.2) is 86.7 Å². The highest BCUT2D eigenvalue weighted by Gasteiger charge is 2.50. The molecule has 3 aromatic rings. The van der Waals surface area contributed by atoms with Gasteiger partial charge in [0, 0.05) is 19.3 Å². The van der Waals surface area contributed by atoms with Crippen molar-refractivity contribution in [2.45, 2.75) is 43.1 Å². The summed E-state index contributed by atoms with van der Waals surface area (Å²) in [5.41, 5.74) is 1.13. The highest BCUT2D eigenvalue weighted by Crippen LogP contribution is 2.48. The Balaban J connectivity index is 0.000000390. The van der Waals surface area contributed by atoms with Gasteiger partial charge in [-0.15, -0.1) is 0 Å². The van der Waals surface area contributed by atoms with E-state index in [1.165, 1.54) is 4.90 Å². The van der Waals surface area contributed by atoms with Crippen molar-refractivity contribution in [3.63, 3.8) is 0 Å². The molecule has 4 aliphatic rings. The number of nitrogens with one attached hydrogen (secondary N) is 2. The SMILES string of the molecule is FC1(F)CNC1.O=C([C@@H]1CCCN(c2ccc3[nH]c(C4(n5cc(Cl)cn5)CC4)nc3n2)C1)N1CC(F)(F)C1. The summed E-state index contributed by atoms with van der Waals surface area (Å²) in [5.74, 6) is -4.05. The van der Waals surface area contributed by atoms with Gasteiger partial charge in [-0.3, -0.25) is 9.48 Å². The fraction of sp³-hybridized carbons (Fsp3) is 0.583. The number of likely N-dealkylation sites (tertiary alicyclic amines) is 1. The number of H-pyrrole nitrogens is 1. The number of alkyl halides is 4. The number of fused-ring (bicyclic) bond motifs is 1. The monoisotopic (exact) mass is 554 g/mol. The van der Waals surface area contributed by atoms with Crippen molar-refractivity contribution in [1.29, 1.82) is 0 Å². The van der Waals surface area contributed by atoms with E-state index in [2.05, 4.69) is 20.3 Å². The highest BCUT2D eigenvalue weighted by atomic mass is 35.5. The first kappa shape index (κ1) is 25.4. The molecule has 6 heterocycles. The van der Waals surface area contributed by atoms with Gasteiger partial charge in [0.15, 0.2) is 5.65 Å². The molecule has 14 heteroatoms. The number of piperidine rings is 1. The van der Waals surface area contributed by atoms with E-state index in [9.17, 15) is 22.4 Å². The summed E-state index contributed by atoms with van der Waals surface area (Å²) >= 11 is 6.05. The van der Waals surface area contributed by atoms with Gasteiger partial charge in [-0.25, -0.2) is 27.5 Å². The standard InChI is InChI=1S/C21H22ClF2N7O.C3H5F2N/c22-14-8-25-31(10-14)20(5-6-20)19-26-15-3-4-16(27-17(15)28-19)29-7-1-2-13(9-29)18(32)30-11-21(23,24)12-30;4-3(5)1-6-2-3/h3-4,8,10,13H,1-2,5-7,9,11-12H2,(H,26,27,28);6H,1-2H2/t13-;/m1./s1. The molecule has 1 atom stereocenters. The zero-order valence-electron chi connectivity index (χ0n) is 20.4. The minimum atomic E-state index is -2.74. The quantitative estimate of drug-likeness (QED) is 0.481. The molecule has 0 spiro atoms. The maximum absolute atomic E-state index is 13.2. The summed E-state index contributed by atoms with van der Waals surface area (Å²) in [7, 11) is 0. The Morgan fingerprint density at radius 2 is 1.82 bits per heavy atom. The molecule has 0 radical (unpaired) electrons. The minimum Gasteiger partial charge on any atom is -0.356 e. The Kier molecular flexibility index (Phi) is 6.06. The maximum atomic E-state index is 13.2. The Labute approximate surface area is 220 Å². The summed E-state index contributed by atoms with van der Waals surface area (Å²) in [6.45, 7) is 0.0511. The fourth-order valence-electron chi connectivity index (χ4n) is 5.13. The molecule has 1 amide bonds. The van der Waals surface area contributed by atoms with E-state index in [-0.39, 0.29) is 30.5 Å². The predicted octanol–water partition coefficient (Wildman–Crippen LogP) is 3.26. The second kappa shape index (κ2) is 9.08. The van der Waals surface area contributed by atoms with Crippen LogP contribution in [0.15, 0.2) is 24.5 Å². The van der Waals surface area contributed by atoms with E-state index < -0.39 is 24.9 Å². The molecule has 3 aromatic heterocycles. The summed E-state index contributed by atoms with van der Waals surface area (Å²) in [6, 6.07) is 3.86. The fourth-order valence-corrected chi connectivity index (χ4v) is 5.27. The number of pyridine rings is 1. The average Bonchev–Trinajstić information content (AvgIpc) is 3.36. The number of halogens is 5. The summed E-state index contributed by atoms with van der Waals surface area (Å²) in [4.78, 5) is 28.8. The lowest BCUT2D eigenvalue weighted by Crippen LogP contribution is -2.60. The largest absolute Gasteiger partial charge is 0.356 e. The normalized spacial score (nSPS) is 24.7. The van der Waals surface area contributed by atoms with Crippen LogP contribution >= 0.6 is 11.6 Å². The van der Waals surface area contributed by atoms with Gasteiger partial charge in [0.25, 0.3) is 11.8 Å². The molecule has 7 rings (SSSR count). The number of amides is 1. The number of hydrogen-bond donors (Lipinski definition) is 2. The Bertz CT molecular complexity index is 1340. The van der Waals surface area contributed by atoms with Gasteiger partial charge in [-0.1, -0.05) is 11.6 Å². The third-order valence-electron chi connectivity index (χ3n) is 7.50. The molecule has 3 aliphatic heterocycles. The number of aromatic nitrogens is 5. The number of hydrogen-bond acceptors (Lipinski definition) is 6. The first-order chi connectivity index (χ1) is 18.0. The van der Waals surface area contributed by atoms with Crippen LogP contribution in [0.25, 0.3) is 11.2 Å². The molecule has 9 nitrogen and oxygen atoms in total. The molecule has 0 bridgehead atoms. The number of anilines is 1. The third kappa shape index (κ3) is 4.81. The minimum absolute atomic E-state index is 0.132. The van der Waals surface area contributed by atoms with Gasteiger partial charge in [0.05, 0.1) is 48.8 Å². The topological polar surface area (TPSA) is 95.0 Å². The number of aromatic amines is 1. The molecule has 0 aromatic carbocycles. The van der Waals surface area contributed by atoms with Crippen molar-refractivity contribution in [3.05, 3.63) is 35.4 Å². The molecule has 0 unspecified atom stereocenters. The van der Waals surface area contributed by atoms with Gasteiger partial charge < -0.3 is 20.1 Å². The first-order valence-corrected chi connectivity index (χ1v) is 13.0. The lowest BCUT2D eigenvalue weighted by molar-refractivity contribution is -0.169. The van der Waals surface area contributed by atoms with Crippen molar-refractivity contribution in [2.75, 3.05) is 44.2 Å². The molecule has 4 fully saturated rings. The van der Waals surface area contributed by atoms with Crippen molar-refractivity contribution in [3.8, 4) is 0 Å². The van der Waals surface area contributed by atoms with Crippen LogP contribution in [0.1, 0.15) is 31.5 Å². The molecular formula is C24H27ClF4N8O. The average molecular weight is 555 g/mol. The molecule has 1 saturated carbocycles. The van der Waals surface area contributed by atoms with Crippen LogP contribution in [0.5, 0.6) is 0 Å². The van der Waals surface area contributed by atoms with Gasteiger partial charge in [-0.05, 0) is 37.8 Å². The van der Waals surface area contributed by atoms with Gasteiger partial charge in [0.2, 0.25) is 5.91 Å². The number of nitrogens with zero attached hydrogens (tertiary/aromatic N) is 6. The van der Waals surface area contributed by atoms with Crippen molar-refractivity contribution < 1.29 is 22.4 Å². The van der Waals surface area contributed by atoms with Gasteiger partial charge in [-0.2, -0.15) is 5.10 Å². The molecule has 1 aliphatic carbocycles. The maximum Gasteiger partial charge on any atom is 0.282 e. The lowest BCUT2D eigenvalue weighted by atomic mass is 9.94. The van der Waals surface area contributed by atoms with Crippen molar-refractivity contribution in [1.82, 2.24) is 34.9 Å². The van der Waals surface area contributed by atoms with Gasteiger partial charge in [0.1, 0.15) is 17.2 Å². The second-order valence-corrected chi connectivity index (χ2v) is 11.0. The Hall–Kier alpha value is -2.93. The highest BCUT2D eigenvalue weighted by molar-refractivity contribution is 6.30. The van der Waals surface area contributed by atoms with E-state index in [1.807, 2.05) is 16.8 Å². The van der Waals surface area contributed by atoms with Crippen LogP contribution in [0.3, 0.4) is 0 Å². The zero-order chi connectivity index (χ0) is 26.7. The number of carbonyl (C=O) groups is 1. The van der Waals surface area contributed by atoms with E-state index in [0.29, 0.717) is 23.6 Å². The van der Waals surface area contributed by atoms with E-state index in [4.69, 9.17) is 21.6 Å². The third-order valence-corrected chi connectivity index (χ3v) is 7.70. The van der Waals surface area contributed by atoms with E-state index in [1.54, 1.807) is 12.4 Å². The van der Waals surface area contributed by atoms with Crippen LogP contribution in [0, 0.1) is 5.92 Å². The van der Waals surface area contributed by atoms with Crippen LogP contribution in [0.2, 0.25) is 5.02 Å². The number of rotatable bonds is 4. The molecular weight excluding hydrogens is 528 g/mol. The van der Waals surface area contributed by atoms with E-state index >= 15 is 0 Å².